The van der Waals surface area contributed by atoms with Crippen LogP contribution in [0, 0.1) is 5.92 Å². The molecule has 1 fully saturated rings. The van der Waals surface area contributed by atoms with Crippen molar-refractivity contribution in [2.45, 2.75) is 25.7 Å². The second-order valence-corrected chi connectivity index (χ2v) is 8.41. The van der Waals surface area contributed by atoms with E-state index in [9.17, 15) is 9.59 Å². The molecule has 1 N–H and O–H groups in total. The van der Waals surface area contributed by atoms with Crippen LogP contribution in [-0.2, 0) is 17.6 Å². The standard InChI is InChI=1S/C27H29N3O2/c1-30(17-14-25-9-2-3-15-28-25)27(32)24-7-4-6-22(19-24)21-12-10-20(11-13-21)18-23-8-5-16-29-26(23)31/h2-4,6-7,9-13,15,19,23H,5,8,14,16-18H2,1H3,(H,29,31). The quantitative estimate of drug-likeness (QED) is 0.617. The summed E-state index contributed by atoms with van der Waals surface area (Å²) in [5, 5.41) is 2.96. The van der Waals surface area contributed by atoms with Crippen LogP contribution in [0.2, 0.25) is 0 Å². The van der Waals surface area contributed by atoms with Crippen LogP contribution in [0.1, 0.15) is 34.5 Å². The zero-order valence-electron chi connectivity index (χ0n) is 18.5. The van der Waals surface area contributed by atoms with Crippen molar-refractivity contribution in [3.05, 3.63) is 89.7 Å². The number of nitrogens with one attached hydrogen (secondary N) is 1. The molecule has 0 spiro atoms. The molecule has 1 aliphatic heterocycles. The maximum Gasteiger partial charge on any atom is 0.253 e. The van der Waals surface area contributed by atoms with Gasteiger partial charge in [-0.1, -0.05) is 42.5 Å². The van der Waals surface area contributed by atoms with Crippen molar-refractivity contribution < 1.29 is 9.59 Å². The predicted molar refractivity (Wildman–Crippen MR) is 126 cm³/mol. The van der Waals surface area contributed by atoms with Gasteiger partial charge in [-0.2, -0.15) is 0 Å². The van der Waals surface area contributed by atoms with Crippen LogP contribution >= 0.6 is 0 Å². The highest BCUT2D eigenvalue weighted by Crippen LogP contribution is 2.24. The van der Waals surface area contributed by atoms with E-state index in [0.29, 0.717) is 12.1 Å². The molecule has 1 aliphatic rings. The fourth-order valence-electron chi connectivity index (χ4n) is 4.13. The molecule has 5 nitrogen and oxygen atoms in total. The topological polar surface area (TPSA) is 62.3 Å². The molecule has 2 heterocycles. The summed E-state index contributed by atoms with van der Waals surface area (Å²) in [4.78, 5) is 31.0. The third-order valence-corrected chi connectivity index (χ3v) is 6.05. The number of carbonyl (C=O) groups excluding carboxylic acids is 2. The number of carbonyl (C=O) groups is 2. The lowest BCUT2D eigenvalue weighted by Gasteiger charge is -2.21. The van der Waals surface area contributed by atoms with Crippen molar-refractivity contribution >= 4 is 11.8 Å². The third kappa shape index (κ3) is 5.41. The summed E-state index contributed by atoms with van der Waals surface area (Å²) in [5.41, 5.74) is 4.89. The molecule has 3 aromatic rings. The second-order valence-electron chi connectivity index (χ2n) is 8.41. The largest absolute Gasteiger partial charge is 0.356 e. The first-order valence-corrected chi connectivity index (χ1v) is 11.2. The van der Waals surface area contributed by atoms with E-state index in [1.165, 1.54) is 0 Å². The highest BCUT2D eigenvalue weighted by molar-refractivity contribution is 5.95. The predicted octanol–water partition coefficient (Wildman–Crippen LogP) is 4.13. The Morgan fingerprint density at radius 1 is 1.06 bits per heavy atom. The Labute approximate surface area is 189 Å². The summed E-state index contributed by atoms with van der Waals surface area (Å²) >= 11 is 0. The van der Waals surface area contributed by atoms with Crippen LogP contribution in [0.4, 0.5) is 0 Å². The third-order valence-electron chi connectivity index (χ3n) is 6.05. The lowest BCUT2D eigenvalue weighted by Crippen LogP contribution is -2.37. The molecule has 164 valence electrons. The van der Waals surface area contributed by atoms with E-state index >= 15 is 0 Å². The van der Waals surface area contributed by atoms with Gasteiger partial charge in [0.15, 0.2) is 0 Å². The van der Waals surface area contributed by atoms with Crippen LogP contribution in [0.15, 0.2) is 72.9 Å². The monoisotopic (exact) mass is 427 g/mol. The molecular formula is C27H29N3O2. The maximum atomic E-state index is 12.9. The van der Waals surface area contributed by atoms with Crippen molar-refractivity contribution in [3.63, 3.8) is 0 Å². The number of benzene rings is 2. The van der Waals surface area contributed by atoms with Gasteiger partial charge >= 0.3 is 0 Å². The Balaban J connectivity index is 1.40. The minimum atomic E-state index is 0.00251. The number of amides is 2. The van der Waals surface area contributed by atoms with Gasteiger partial charge in [-0.15, -0.1) is 0 Å². The number of nitrogens with zero attached hydrogens (tertiary/aromatic N) is 2. The first-order chi connectivity index (χ1) is 15.6. The van der Waals surface area contributed by atoms with E-state index in [4.69, 9.17) is 0 Å². The number of hydrogen-bond donors (Lipinski definition) is 1. The lowest BCUT2D eigenvalue weighted by atomic mass is 9.91. The fourth-order valence-corrected chi connectivity index (χ4v) is 4.13. The van der Waals surface area contributed by atoms with E-state index in [1.807, 2.05) is 49.5 Å². The van der Waals surface area contributed by atoms with E-state index in [1.54, 1.807) is 11.1 Å². The van der Waals surface area contributed by atoms with Crippen LogP contribution in [0.3, 0.4) is 0 Å². The number of likely N-dealkylation sites (N-methyl/N-ethyl adjacent to an activating group) is 1. The molecule has 32 heavy (non-hydrogen) atoms. The molecule has 2 aromatic carbocycles. The molecule has 4 rings (SSSR count). The van der Waals surface area contributed by atoms with Gasteiger partial charge in [-0.25, -0.2) is 0 Å². The molecule has 0 bridgehead atoms. The number of hydrogen-bond acceptors (Lipinski definition) is 3. The summed E-state index contributed by atoms with van der Waals surface area (Å²) in [6, 6.07) is 21.9. The molecule has 0 radical (unpaired) electrons. The summed E-state index contributed by atoms with van der Waals surface area (Å²) in [6.07, 6.45) is 5.27. The Bertz CT molecular complexity index is 1060. The highest BCUT2D eigenvalue weighted by atomic mass is 16.2. The summed E-state index contributed by atoms with van der Waals surface area (Å²) < 4.78 is 0. The van der Waals surface area contributed by atoms with Gasteiger partial charge in [-0.3, -0.25) is 14.6 Å². The highest BCUT2D eigenvalue weighted by Gasteiger charge is 2.22. The van der Waals surface area contributed by atoms with Crippen LogP contribution in [0.25, 0.3) is 11.1 Å². The Hall–Kier alpha value is -3.47. The van der Waals surface area contributed by atoms with Crippen molar-refractivity contribution in [2.24, 2.45) is 5.92 Å². The van der Waals surface area contributed by atoms with E-state index < -0.39 is 0 Å². The van der Waals surface area contributed by atoms with Crippen molar-refractivity contribution in [1.82, 2.24) is 15.2 Å². The number of aromatic nitrogens is 1. The van der Waals surface area contributed by atoms with Crippen LogP contribution < -0.4 is 5.32 Å². The fraction of sp³-hybridized carbons (Fsp3) is 0.296. The van der Waals surface area contributed by atoms with Crippen molar-refractivity contribution in [1.29, 1.82) is 0 Å². The molecule has 1 aromatic heterocycles. The first kappa shape index (κ1) is 21.8. The van der Waals surface area contributed by atoms with Gasteiger partial charge in [0.05, 0.1) is 0 Å². The van der Waals surface area contributed by atoms with Gasteiger partial charge in [0.1, 0.15) is 0 Å². The van der Waals surface area contributed by atoms with Gasteiger partial charge in [0.2, 0.25) is 5.91 Å². The van der Waals surface area contributed by atoms with E-state index in [2.05, 4.69) is 34.6 Å². The Morgan fingerprint density at radius 2 is 1.91 bits per heavy atom. The summed E-state index contributed by atoms with van der Waals surface area (Å²) in [5.74, 6) is 0.235. The molecule has 1 unspecified atom stereocenters. The average molecular weight is 428 g/mol. The smallest absolute Gasteiger partial charge is 0.253 e. The van der Waals surface area contributed by atoms with Crippen LogP contribution in [0.5, 0.6) is 0 Å². The van der Waals surface area contributed by atoms with Crippen LogP contribution in [-0.4, -0.2) is 41.8 Å². The normalized spacial score (nSPS) is 15.8. The Morgan fingerprint density at radius 3 is 2.66 bits per heavy atom. The van der Waals surface area contributed by atoms with Gasteiger partial charge in [0.25, 0.3) is 5.91 Å². The SMILES string of the molecule is CN(CCc1ccccn1)C(=O)c1cccc(-c2ccc(CC3CCCNC3=O)cc2)c1. The van der Waals surface area contributed by atoms with Gasteiger partial charge in [-0.05, 0) is 60.2 Å². The summed E-state index contributed by atoms with van der Waals surface area (Å²) in [7, 11) is 1.83. The molecule has 2 amide bonds. The first-order valence-electron chi connectivity index (χ1n) is 11.2. The molecule has 5 heteroatoms. The van der Waals surface area contributed by atoms with E-state index in [0.717, 1.165) is 54.6 Å². The molecule has 1 atom stereocenters. The number of pyridine rings is 1. The van der Waals surface area contributed by atoms with Crippen molar-refractivity contribution in [2.75, 3.05) is 20.1 Å². The molecular weight excluding hydrogens is 398 g/mol. The number of rotatable bonds is 7. The minimum absolute atomic E-state index is 0.00251. The minimum Gasteiger partial charge on any atom is -0.356 e. The maximum absolute atomic E-state index is 12.9. The molecule has 0 aliphatic carbocycles. The second kappa shape index (κ2) is 10.2. The lowest BCUT2D eigenvalue weighted by molar-refractivity contribution is -0.126. The van der Waals surface area contributed by atoms with Gasteiger partial charge < -0.3 is 10.2 Å². The van der Waals surface area contributed by atoms with Gasteiger partial charge in [0, 0.05) is 49.9 Å². The zero-order valence-corrected chi connectivity index (χ0v) is 18.5. The zero-order chi connectivity index (χ0) is 22.3. The average Bonchev–Trinajstić information content (AvgIpc) is 2.84. The summed E-state index contributed by atoms with van der Waals surface area (Å²) in [6.45, 7) is 1.41. The Kier molecular flexibility index (Phi) is 6.95. The van der Waals surface area contributed by atoms with E-state index in [-0.39, 0.29) is 17.7 Å². The number of piperidine rings is 1. The van der Waals surface area contributed by atoms with Crippen molar-refractivity contribution in [3.8, 4) is 11.1 Å². The molecule has 0 saturated carbocycles. The molecule has 1 saturated heterocycles.